The van der Waals surface area contributed by atoms with Crippen LogP contribution in [0.4, 0.5) is 4.39 Å². The lowest BCUT2D eigenvalue weighted by Crippen LogP contribution is -1.96. The van der Waals surface area contributed by atoms with Crippen LogP contribution in [-0.2, 0) is 9.53 Å². The maximum atomic E-state index is 13.1. The Morgan fingerprint density at radius 2 is 2.14 bits per heavy atom. The van der Waals surface area contributed by atoms with E-state index in [1.54, 1.807) is 18.2 Å². The summed E-state index contributed by atoms with van der Waals surface area (Å²) in [6.45, 7) is 0. The summed E-state index contributed by atoms with van der Waals surface area (Å²) in [7, 11) is 0. The third kappa shape index (κ3) is 1.54. The summed E-state index contributed by atoms with van der Waals surface area (Å²) in [5.74, 6) is -0.955. The van der Waals surface area contributed by atoms with Crippen molar-refractivity contribution in [2.45, 2.75) is 0 Å². The van der Waals surface area contributed by atoms with Gasteiger partial charge < -0.3 is 4.74 Å². The van der Waals surface area contributed by atoms with Gasteiger partial charge in [-0.2, -0.15) is 0 Å². The number of rotatable bonds is 1. The van der Waals surface area contributed by atoms with Gasteiger partial charge in [0, 0.05) is 5.56 Å². The maximum Gasteiger partial charge on any atom is 0.363 e. The lowest BCUT2D eigenvalue weighted by atomic mass is 10.2. The fraction of sp³-hybridized carbons (Fsp3) is 0. The van der Waals surface area contributed by atoms with E-state index >= 15 is 0 Å². The van der Waals surface area contributed by atoms with Crippen molar-refractivity contribution in [2.24, 2.45) is 4.99 Å². The molecular weight excluding hydrogens is 185 g/mol. The second kappa shape index (κ2) is 3.41. The molecule has 0 saturated carbocycles. The van der Waals surface area contributed by atoms with E-state index in [0.29, 0.717) is 5.56 Å². The lowest BCUT2D eigenvalue weighted by molar-refractivity contribution is -0.129. The molecule has 0 N–H and O–H groups in total. The zero-order valence-corrected chi connectivity index (χ0v) is 7.11. The highest BCUT2D eigenvalue weighted by Gasteiger charge is 2.15. The quantitative estimate of drug-likeness (QED) is 0.501. The van der Waals surface area contributed by atoms with Gasteiger partial charge >= 0.3 is 5.97 Å². The Morgan fingerprint density at radius 1 is 1.36 bits per heavy atom. The van der Waals surface area contributed by atoms with Gasteiger partial charge in [0.25, 0.3) is 0 Å². The molecule has 70 valence electrons. The minimum atomic E-state index is -0.562. The fourth-order valence-corrected chi connectivity index (χ4v) is 1.08. The van der Waals surface area contributed by atoms with E-state index in [9.17, 15) is 9.18 Å². The lowest BCUT2D eigenvalue weighted by Gasteiger charge is -1.95. The molecule has 3 nitrogen and oxygen atoms in total. The van der Waals surface area contributed by atoms with E-state index in [1.807, 2.05) is 0 Å². The molecule has 0 aromatic heterocycles. The van der Waals surface area contributed by atoms with E-state index in [-0.39, 0.29) is 5.70 Å². The SMILES string of the molecule is O=C1OC=N/C1=C\c1ccccc1F. The number of esters is 1. The van der Waals surface area contributed by atoms with Crippen LogP contribution in [0.15, 0.2) is 35.0 Å². The van der Waals surface area contributed by atoms with Gasteiger partial charge in [-0.05, 0) is 12.1 Å². The predicted octanol–water partition coefficient (Wildman–Crippen LogP) is 1.75. The number of ether oxygens (including phenoxy) is 1. The van der Waals surface area contributed by atoms with Crippen molar-refractivity contribution in [3.05, 3.63) is 41.3 Å². The number of carbonyl (C=O) groups is 1. The summed E-state index contributed by atoms with van der Waals surface area (Å²) in [5, 5.41) is 0. The Labute approximate surface area is 79.5 Å². The first-order valence-electron chi connectivity index (χ1n) is 3.97. The highest BCUT2D eigenvalue weighted by Crippen LogP contribution is 2.14. The van der Waals surface area contributed by atoms with Crippen molar-refractivity contribution in [3.63, 3.8) is 0 Å². The van der Waals surface area contributed by atoms with Crippen LogP contribution in [0.25, 0.3) is 6.08 Å². The number of hydrogen-bond donors (Lipinski definition) is 0. The van der Waals surface area contributed by atoms with Crippen LogP contribution < -0.4 is 0 Å². The monoisotopic (exact) mass is 191 g/mol. The number of nitrogens with zero attached hydrogens (tertiary/aromatic N) is 1. The van der Waals surface area contributed by atoms with Crippen molar-refractivity contribution in [1.29, 1.82) is 0 Å². The zero-order valence-electron chi connectivity index (χ0n) is 7.11. The van der Waals surface area contributed by atoms with E-state index in [2.05, 4.69) is 9.73 Å². The Hall–Kier alpha value is -1.97. The van der Waals surface area contributed by atoms with Crippen LogP contribution >= 0.6 is 0 Å². The first kappa shape index (κ1) is 8.62. The van der Waals surface area contributed by atoms with Crippen molar-refractivity contribution in [1.82, 2.24) is 0 Å². The molecule has 2 rings (SSSR count). The first-order valence-corrected chi connectivity index (χ1v) is 3.97. The average Bonchev–Trinajstić information content (AvgIpc) is 2.56. The summed E-state index contributed by atoms with van der Waals surface area (Å²) in [4.78, 5) is 14.6. The standard InChI is InChI=1S/C10H6FNO2/c11-8-4-2-1-3-7(8)5-9-10(13)14-6-12-9/h1-6H/b9-5-. The molecule has 1 heterocycles. The molecule has 0 fully saturated rings. The minimum Gasteiger partial charge on any atom is -0.410 e. The third-order valence-corrected chi connectivity index (χ3v) is 1.76. The van der Waals surface area contributed by atoms with E-state index in [1.165, 1.54) is 12.1 Å². The van der Waals surface area contributed by atoms with Gasteiger partial charge in [0.05, 0.1) is 0 Å². The van der Waals surface area contributed by atoms with E-state index in [0.717, 1.165) is 6.40 Å². The van der Waals surface area contributed by atoms with Crippen molar-refractivity contribution >= 4 is 18.4 Å². The van der Waals surface area contributed by atoms with Crippen LogP contribution in [0.1, 0.15) is 5.56 Å². The molecular formula is C10H6FNO2. The Morgan fingerprint density at radius 3 is 2.79 bits per heavy atom. The molecule has 1 aromatic carbocycles. The smallest absolute Gasteiger partial charge is 0.363 e. The normalized spacial score (nSPS) is 17.5. The number of hydrogen-bond acceptors (Lipinski definition) is 3. The number of halogens is 1. The molecule has 0 atom stereocenters. The number of aliphatic imine (C=N–C) groups is 1. The molecule has 0 radical (unpaired) electrons. The molecule has 0 aliphatic carbocycles. The number of cyclic esters (lactones) is 1. The molecule has 0 saturated heterocycles. The Kier molecular flexibility index (Phi) is 2.10. The van der Waals surface area contributed by atoms with Crippen LogP contribution in [0, 0.1) is 5.82 Å². The first-order chi connectivity index (χ1) is 6.77. The largest absolute Gasteiger partial charge is 0.410 e. The molecule has 0 spiro atoms. The topological polar surface area (TPSA) is 38.7 Å². The van der Waals surface area contributed by atoms with Gasteiger partial charge in [-0.1, -0.05) is 18.2 Å². The van der Waals surface area contributed by atoms with Crippen molar-refractivity contribution in [3.8, 4) is 0 Å². The van der Waals surface area contributed by atoms with Gasteiger partial charge in [0.2, 0.25) is 0 Å². The molecule has 0 bridgehead atoms. The van der Waals surface area contributed by atoms with Crippen molar-refractivity contribution in [2.75, 3.05) is 0 Å². The highest BCUT2D eigenvalue weighted by atomic mass is 19.1. The molecule has 0 amide bonds. The number of carbonyl (C=O) groups excluding carboxylic acids is 1. The van der Waals surface area contributed by atoms with Gasteiger partial charge in [0.1, 0.15) is 5.82 Å². The van der Waals surface area contributed by atoms with E-state index in [4.69, 9.17) is 0 Å². The van der Waals surface area contributed by atoms with E-state index < -0.39 is 11.8 Å². The maximum absolute atomic E-state index is 13.1. The molecule has 4 heteroatoms. The Bertz CT molecular complexity index is 438. The van der Waals surface area contributed by atoms with Crippen LogP contribution in [0.3, 0.4) is 0 Å². The summed E-state index contributed by atoms with van der Waals surface area (Å²) in [6.07, 6.45) is 2.39. The summed E-state index contributed by atoms with van der Waals surface area (Å²) < 4.78 is 17.6. The van der Waals surface area contributed by atoms with Gasteiger partial charge in [-0.15, -0.1) is 0 Å². The third-order valence-electron chi connectivity index (χ3n) is 1.76. The highest BCUT2D eigenvalue weighted by molar-refractivity contribution is 6.01. The van der Waals surface area contributed by atoms with Gasteiger partial charge in [-0.3, -0.25) is 0 Å². The summed E-state index contributed by atoms with van der Waals surface area (Å²) in [6, 6.07) is 6.13. The molecule has 1 aliphatic heterocycles. The molecule has 14 heavy (non-hydrogen) atoms. The zero-order chi connectivity index (χ0) is 9.97. The summed E-state index contributed by atoms with van der Waals surface area (Å²) >= 11 is 0. The van der Waals surface area contributed by atoms with Crippen LogP contribution in [0.2, 0.25) is 0 Å². The van der Waals surface area contributed by atoms with Crippen molar-refractivity contribution < 1.29 is 13.9 Å². The molecule has 1 aliphatic rings. The van der Waals surface area contributed by atoms with Gasteiger partial charge in [-0.25, -0.2) is 14.2 Å². The predicted molar refractivity (Wildman–Crippen MR) is 49.0 cm³/mol. The van der Waals surface area contributed by atoms with Gasteiger partial charge in [0.15, 0.2) is 12.1 Å². The second-order valence-electron chi connectivity index (χ2n) is 2.69. The molecule has 0 unspecified atom stereocenters. The average molecular weight is 191 g/mol. The van der Waals surface area contributed by atoms with Crippen LogP contribution in [0.5, 0.6) is 0 Å². The minimum absolute atomic E-state index is 0.107. The fourth-order valence-electron chi connectivity index (χ4n) is 1.08. The number of benzene rings is 1. The Balaban J connectivity index is 2.38. The second-order valence-corrected chi connectivity index (χ2v) is 2.69. The molecule has 1 aromatic rings. The van der Waals surface area contributed by atoms with Crippen LogP contribution in [-0.4, -0.2) is 12.4 Å². The summed E-state index contributed by atoms with van der Waals surface area (Å²) in [5.41, 5.74) is 0.425.